The van der Waals surface area contributed by atoms with Crippen molar-refractivity contribution in [3.05, 3.63) is 77.6 Å². The molecule has 1 aliphatic rings. The molecule has 1 aromatic carbocycles. The minimum Gasteiger partial charge on any atom is -0.384 e. The fourth-order valence-electron chi connectivity index (χ4n) is 3.94. The Labute approximate surface area is 187 Å². The third-order valence-corrected chi connectivity index (χ3v) is 5.76. The molecule has 0 saturated carbocycles. The normalized spacial score (nSPS) is 14.0. The van der Waals surface area contributed by atoms with Crippen LogP contribution in [0.15, 0.2) is 55.1 Å². The van der Waals surface area contributed by atoms with Crippen LogP contribution in [0, 0.1) is 17.2 Å². The first-order chi connectivity index (χ1) is 15.6. The number of nitriles is 1. The van der Waals surface area contributed by atoms with E-state index < -0.39 is 5.91 Å². The number of primary amides is 1. The molecule has 1 aliphatic heterocycles. The van der Waals surface area contributed by atoms with Crippen LogP contribution in [0.25, 0.3) is 0 Å². The summed E-state index contributed by atoms with van der Waals surface area (Å²) in [5.74, 6) is -0.0105. The molecule has 0 spiro atoms. The van der Waals surface area contributed by atoms with Crippen molar-refractivity contribution in [1.82, 2.24) is 15.0 Å². The smallest absolute Gasteiger partial charge is 0.252 e. The van der Waals surface area contributed by atoms with Crippen LogP contribution in [0.4, 0.5) is 11.4 Å². The van der Waals surface area contributed by atoms with Crippen molar-refractivity contribution in [3.8, 4) is 6.07 Å². The van der Waals surface area contributed by atoms with E-state index in [2.05, 4.69) is 31.2 Å². The van der Waals surface area contributed by atoms with Crippen molar-refractivity contribution in [3.63, 3.8) is 0 Å². The fraction of sp³-hybridized carbons (Fsp3) is 0.292. The minimum absolute atomic E-state index is 0.392. The van der Waals surface area contributed by atoms with Gasteiger partial charge < -0.3 is 16.0 Å². The SMILES string of the molecule is N#Cc1ccc(N2CCC(CNc3cc(Cc4cnccn4)ncc3C(N)=O)CC2)cc1. The van der Waals surface area contributed by atoms with Gasteiger partial charge in [0.05, 0.1) is 28.6 Å². The number of carbonyl (C=O) groups is 1. The Balaban J connectivity index is 1.37. The molecule has 2 aromatic heterocycles. The summed E-state index contributed by atoms with van der Waals surface area (Å²) in [4.78, 5) is 27.0. The zero-order valence-electron chi connectivity index (χ0n) is 17.7. The lowest BCUT2D eigenvalue weighted by Gasteiger charge is -2.34. The van der Waals surface area contributed by atoms with Crippen LogP contribution in [-0.4, -0.2) is 40.5 Å². The average Bonchev–Trinajstić information content (AvgIpc) is 2.84. The summed E-state index contributed by atoms with van der Waals surface area (Å²) in [7, 11) is 0. The van der Waals surface area contributed by atoms with Crippen molar-refractivity contribution < 1.29 is 4.79 Å². The standard InChI is InChI=1S/C24H25N7O/c25-13-17-1-3-21(4-2-17)31-9-5-18(6-10-31)14-30-23-12-19(29-16-22(23)24(26)32)11-20-15-27-7-8-28-20/h1-4,7-8,12,15-16,18H,5-6,9-11,14H2,(H2,26,32)(H,29,30). The van der Waals surface area contributed by atoms with Gasteiger partial charge in [-0.25, -0.2) is 0 Å². The Hall–Kier alpha value is -3.99. The number of benzene rings is 1. The van der Waals surface area contributed by atoms with Crippen LogP contribution in [0.3, 0.4) is 0 Å². The molecule has 3 aromatic rings. The lowest BCUT2D eigenvalue weighted by atomic mass is 9.96. The Morgan fingerprint density at radius 3 is 2.56 bits per heavy atom. The monoisotopic (exact) mass is 427 g/mol. The largest absolute Gasteiger partial charge is 0.384 e. The van der Waals surface area contributed by atoms with Crippen LogP contribution in [0.2, 0.25) is 0 Å². The van der Waals surface area contributed by atoms with Crippen molar-refractivity contribution in [2.75, 3.05) is 29.9 Å². The number of pyridine rings is 1. The van der Waals surface area contributed by atoms with Gasteiger partial charge in [-0.15, -0.1) is 0 Å². The van der Waals surface area contributed by atoms with E-state index in [0.717, 1.165) is 49.6 Å². The molecule has 3 heterocycles. The molecule has 1 amide bonds. The van der Waals surface area contributed by atoms with Gasteiger partial charge in [-0.2, -0.15) is 5.26 Å². The van der Waals surface area contributed by atoms with Gasteiger partial charge in [0.25, 0.3) is 5.91 Å². The Morgan fingerprint density at radius 1 is 1.12 bits per heavy atom. The van der Waals surface area contributed by atoms with Gasteiger partial charge in [0.1, 0.15) is 0 Å². The van der Waals surface area contributed by atoms with Crippen LogP contribution < -0.4 is 16.0 Å². The van der Waals surface area contributed by atoms with Crippen LogP contribution in [-0.2, 0) is 6.42 Å². The number of nitrogens with zero attached hydrogens (tertiary/aromatic N) is 5. The van der Waals surface area contributed by atoms with Crippen molar-refractivity contribution in [2.45, 2.75) is 19.3 Å². The highest BCUT2D eigenvalue weighted by Crippen LogP contribution is 2.25. The lowest BCUT2D eigenvalue weighted by molar-refractivity contribution is 0.100. The number of anilines is 2. The van der Waals surface area contributed by atoms with E-state index in [-0.39, 0.29) is 0 Å². The number of aromatic nitrogens is 3. The second-order valence-corrected chi connectivity index (χ2v) is 7.93. The number of carbonyl (C=O) groups excluding carboxylic acids is 1. The summed E-state index contributed by atoms with van der Waals surface area (Å²) in [6.07, 6.45) is 9.13. The van der Waals surface area contributed by atoms with E-state index in [4.69, 9.17) is 11.0 Å². The maximum Gasteiger partial charge on any atom is 0.252 e. The molecule has 8 heteroatoms. The molecule has 1 saturated heterocycles. The third kappa shape index (κ3) is 5.19. The molecule has 0 radical (unpaired) electrons. The predicted octanol–water partition coefficient (Wildman–Crippen LogP) is 2.76. The summed E-state index contributed by atoms with van der Waals surface area (Å²) in [5.41, 5.74) is 10.1. The Bertz CT molecular complexity index is 1100. The third-order valence-electron chi connectivity index (χ3n) is 5.76. The number of rotatable bonds is 7. The molecule has 1 fully saturated rings. The topological polar surface area (TPSA) is 121 Å². The number of piperidine rings is 1. The molecular weight excluding hydrogens is 402 g/mol. The minimum atomic E-state index is -0.498. The maximum atomic E-state index is 11.9. The van der Waals surface area contributed by atoms with Crippen LogP contribution in [0.5, 0.6) is 0 Å². The van der Waals surface area contributed by atoms with Gasteiger partial charge in [-0.3, -0.25) is 19.7 Å². The van der Waals surface area contributed by atoms with Gasteiger partial charge in [0.15, 0.2) is 0 Å². The van der Waals surface area contributed by atoms with Crippen molar-refractivity contribution >= 4 is 17.3 Å². The van der Waals surface area contributed by atoms with Gasteiger partial charge >= 0.3 is 0 Å². The van der Waals surface area contributed by atoms with E-state index in [9.17, 15) is 4.79 Å². The van der Waals surface area contributed by atoms with Gasteiger partial charge in [0.2, 0.25) is 0 Å². The quantitative estimate of drug-likeness (QED) is 0.595. The lowest BCUT2D eigenvalue weighted by Crippen LogP contribution is -2.36. The van der Waals surface area contributed by atoms with Crippen molar-refractivity contribution in [1.29, 1.82) is 5.26 Å². The van der Waals surface area contributed by atoms with E-state index in [1.807, 2.05) is 30.3 Å². The molecule has 0 aliphatic carbocycles. The first-order valence-electron chi connectivity index (χ1n) is 10.6. The van der Waals surface area contributed by atoms with E-state index >= 15 is 0 Å². The molecule has 4 rings (SSSR count). The highest BCUT2D eigenvalue weighted by atomic mass is 16.1. The fourth-order valence-corrected chi connectivity index (χ4v) is 3.94. The van der Waals surface area contributed by atoms with Gasteiger partial charge in [0, 0.05) is 62.2 Å². The first kappa shape index (κ1) is 21.2. The van der Waals surface area contributed by atoms with E-state index in [0.29, 0.717) is 29.2 Å². The molecule has 3 N–H and O–H groups in total. The Morgan fingerprint density at radius 2 is 1.91 bits per heavy atom. The highest BCUT2D eigenvalue weighted by Gasteiger charge is 2.20. The van der Waals surface area contributed by atoms with Gasteiger partial charge in [-0.05, 0) is 49.1 Å². The summed E-state index contributed by atoms with van der Waals surface area (Å²) < 4.78 is 0. The number of nitrogens with one attached hydrogen (secondary N) is 1. The summed E-state index contributed by atoms with van der Waals surface area (Å²) in [6, 6.07) is 11.8. The Kier molecular flexibility index (Phi) is 6.56. The van der Waals surface area contributed by atoms with Crippen LogP contribution >= 0.6 is 0 Å². The van der Waals surface area contributed by atoms with Crippen molar-refractivity contribution in [2.24, 2.45) is 11.7 Å². The summed E-state index contributed by atoms with van der Waals surface area (Å²) in [5, 5.41) is 12.4. The molecule has 0 unspecified atom stereocenters. The zero-order chi connectivity index (χ0) is 22.3. The first-order valence-corrected chi connectivity index (χ1v) is 10.6. The summed E-state index contributed by atoms with van der Waals surface area (Å²) >= 11 is 0. The zero-order valence-corrected chi connectivity index (χ0v) is 17.7. The number of nitrogens with two attached hydrogens (primary N) is 1. The van der Waals surface area contributed by atoms with E-state index in [1.165, 1.54) is 6.20 Å². The molecule has 8 nitrogen and oxygen atoms in total. The van der Waals surface area contributed by atoms with Gasteiger partial charge in [-0.1, -0.05) is 0 Å². The summed E-state index contributed by atoms with van der Waals surface area (Å²) in [6.45, 7) is 2.67. The molecule has 32 heavy (non-hydrogen) atoms. The number of hydrogen-bond acceptors (Lipinski definition) is 7. The molecular formula is C24H25N7O. The second-order valence-electron chi connectivity index (χ2n) is 7.93. The average molecular weight is 428 g/mol. The predicted molar refractivity (Wildman–Crippen MR) is 122 cm³/mol. The molecule has 0 bridgehead atoms. The second kappa shape index (κ2) is 9.88. The maximum absolute atomic E-state index is 11.9. The van der Waals surface area contributed by atoms with Crippen LogP contribution in [0.1, 0.15) is 40.2 Å². The molecule has 162 valence electrons. The number of hydrogen-bond donors (Lipinski definition) is 2. The molecule has 0 atom stereocenters. The van der Waals surface area contributed by atoms with E-state index in [1.54, 1.807) is 18.6 Å². The number of amides is 1. The highest BCUT2D eigenvalue weighted by molar-refractivity contribution is 5.98.